The van der Waals surface area contributed by atoms with Crippen LogP contribution in [0.5, 0.6) is 0 Å². The molecule has 1 amide bonds. The van der Waals surface area contributed by atoms with Gasteiger partial charge in [-0.15, -0.1) is 0 Å². The molecule has 0 atom stereocenters. The van der Waals surface area contributed by atoms with Gasteiger partial charge in [-0.1, -0.05) is 23.2 Å². The molecule has 0 radical (unpaired) electrons. The Bertz CT molecular complexity index is 1290. The van der Waals surface area contributed by atoms with Crippen LogP contribution in [0.3, 0.4) is 0 Å². The van der Waals surface area contributed by atoms with E-state index in [9.17, 15) is 10.0 Å². The van der Waals surface area contributed by atoms with Crippen molar-refractivity contribution in [2.45, 2.75) is 44.9 Å². The van der Waals surface area contributed by atoms with Crippen molar-refractivity contribution in [2.24, 2.45) is 0 Å². The van der Waals surface area contributed by atoms with Gasteiger partial charge in [0.15, 0.2) is 0 Å². The largest absolute Gasteiger partial charge is 0.341 e. The first-order valence-electron chi connectivity index (χ1n) is 11.9. The van der Waals surface area contributed by atoms with Crippen molar-refractivity contribution < 1.29 is 14.7 Å². The average Bonchev–Trinajstić information content (AvgIpc) is 3.00. The lowest BCUT2D eigenvalue weighted by Gasteiger charge is -2.35. The molecular formula is C28H28BrClN3O2+. The zero-order valence-corrected chi connectivity index (χ0v) is 22.2. The Morgan fingerprint density at radius 2 is 1.86 bits per heavy atom. The summed E-state index contributed by atoms with van der Waals surface area (Å²) >= 11 is 9.94. The van der Waals surface area contributed by atoms with Gasteiger partial charge in [0.25, 0.3) is 0 Å². The molecule has 2 aliphatic rings. The number of nitrogens with zero attached hydrogens (tertiary/aromatic N) is 3. The van der Waals surface area contributed by atoms with E-state index in [0.29, 0.717) is 13.1 Å². The Morgan fingerprint density at radius 3 is 2.60 bits per heavy atom. The van der Waals surface area contributed by atoms with E-state index in [0.717, 1.165) is 51.2 Å². The molecule has 1 aromatic carbocycles. The first-order valence-corrected chi connectivity index (χ1v) is 13.1. The van der Waals surface area contributed by atoms with E-state index in [-0.39, 0.29) is 5.91 Å². The zero-order chi connectivity index (χ0) is 24.7. The topological polar surface area (TPSA) is 57.3 Å². The third-order valence-corrected chi connectivity index (χ3v) is 7.89. The van der Waals surface area contributed by atoms with Crippen LogP contribution in [0.4, 0.5) is 0 Å². The molecule has 35 heavy (non-hydrogen) atoms. The number of halogens is 2. The van der Waals surface area contributed by atoms with Crippen LogP contribution in [0.15, 0.2) is 65.0 Å². The number of carbonyl (C=O) groups excluding carboxylic acids is 1. The normalized spacial score (nSPS) is 15.9. The first-order chi connectivity index (χ1) is 16.7. The molecule has 0 bridgehead atoms. The number of rotatable bonds is 2. The Hall–Kier alpha value is -2.70. The van der Waals surface area contributed by atoms with E-state index in [1.165, 1.54) is 27.8 Å². The average molecular weight is 554 g/mol. The van der Waals surface area contributed by atoms with E-state index in [4.69, 9.17) is 16.6 Å². The van der Waals surface area contributed by atoms with Gasteiger partial charge >= 0.3 is 0 Å². The maximum absolute atomic E-state index is 13.5. The van der Waals surface area contributed by atoms with E-state index >= 15 is 0 Å². The second-order valence-electron chi connectivity index (χ2n) is 9.83. The summed E-state index contributed by atoms with van der Waals surface area (Å²) < 4.78 is 1.99. The van der Waals surface area contributed by atoms with Crippen LogP contribution in [0, 0.1) is 0 Å². The predicted octanol–water partition coefficient (Wildman–Crippen LogP) is 5.52. The van der Waals surface area contributed by atoms with E-state index in [1.807, 2.05) is 37.1 Å². The number of fused-ring (bicyclic) bond motifs is 2. The summed E-state index contributed by atoms with van der Waals surface area (Å²) in [7, 11) is 0. The lowest BCUT2D eigenvalue weighted by atomic mass is 9.83. The van der Waals surface area contributed by atoms with Crippen molar-refractivity contribution in [3.63, 3.8) is 0 Å². The molecule has 3 aromatic rings. The number of hydrogen-bond donors (Lipinski definition) is 1. The fraction of sp³-hybridized carbons (Fsp3) is 0.321. The van der Waals surface area contributed by atoms with Crippen molar-refractivity contribution in [3.8, 4) is 0 Å². The molecular weight excluding hydrogens is 526 g/mol. The number of amides is 1. The van der Waals surface area contributed by atoms with Crippen LogP contribution in [-0.2, 0) is 23.1 Å². The van der Waals surface area contributed by atoms with Gasteiger partial charge < -0.3 is 4.90 Å². The van der Waals surface area contributed by atoms with Crippen molar-refractivity contribution in [3.05, 3.63) is 98.0 Å². The fourth-order valence-electron chi connectivity index (χ4n) is 5.25. The van der Waals surface area contributed by atoms with Crippen molar-refractivity contribution >= 4 is 39.0 Å². The van der Waals surface area contributed by atoms with Crippen LogP contribution < -0.4 is 4.73 Å². The number of aryl methyl sites for hydroxylation is 2. The summed E-state index contributed by atoms with van der Waals surface area (Å²) in [5.74, 6) is 0.0725. The van der Waals surface area contributed by atoms with Gasteiger partial charge in [0.2, 0.25) is 18.3 Å². The second-order valence-corrected chi connectivity index (χ2v) is 11.2. The molecule has 7 heteroatoms. The molecule has 5 nitrogen and oxygen atoms in total. The fourth-order valence-corrected chi connectivity index (χ4v) is 5.82. The van der Waals surface area contributed by atoms with Crippen LogP contribution in [0.25, 0.3) is 5.57 Å². The number of aromatic nitrogens is 2. The highest BCUT2D eigenvalue weighted by Crippen LogP contribution is 2.39. The summed E-state index contributed by atoms with van der Waals surface area (Å²) in [6.45, 7) is 5.15. The SMILES string of the molecule is CC(C)(C(=O)N1CCC(=C2c3ccc(Cl)cc3CCc3cc(Br)cnc32)CC1)c1ccc[n+](O)c1. The number of piperidine rings is 1. The van der Waals surface area contributed by atoms with Crippen molar-refractivity contribution in [1.82, 2.24) is 9.88 Å². The zero-order valence-electron chi connectivity index (χ0n) is 19.9. The summed E-state index contributed by atoms with van der Waals surface area (Å²) in [5.41, 5.74) is 7.31. The van der Waals surface area contributed by atoms with E-state index in [1.54, 1.807) is 18.5 Å². The molecule has 1 aliphatic heterocycles. The molecule has 5 rings (SSSR count). The molecule has 1 saturated heterocycles. The van der Waals surface area contributed by atoms with Gasteiger partial charge in [-0.2, -0.15) is 0 Å². The maximum atomic E-state index is 13.5. The van der Waals surface area contributed by atoms with Crippen LogP contribution >= 0.6 is 27.5 Å². The third-order valence-electron chi connectivity index (χ3n) is 7.22. The smallest absolute Gasteiger partial charge is 0.232 e. The van der Waals surface area contributed by atoms with Crippen molar-refractivity contribution in [1.29, 1.82) is 0 Å². The molecule has 180 valence electrons. The van der Waals surface area contributed by atoms with Crippen molar-refractivity contribution in [2.75, 3.05) is 13.1 Å². The lowest BCUT2D eigenvalue weighted by Crippen LogP contribution is -2.47. The third kappa shape index (κ3) is 4.62. The molecule has 1 fully saturated rings. The Morgan fingerprint density at radius 1 is 1.11 bits per heavy atom. The monoisotopic (exact) mass is 552 g/mol. The Balaban J connectivity index is 1.48. The van der Waals surface area contributed by atoms with Gasteiger partial charge in [0.1, 0.15) is 0 Å². The number of likely N-dealkylation sites (tertiary alicyclic amines) is 1. The minimum absolute atomic E-state index is 0.0725. The Kier molecular flexibility index (Phi) is 6.45. The molecule has 1 N–H and O–H groups in total. The predicted molar refractivity (Wildman–Crippen MR) is 139 cm³/mol. The lowest BCUT2D eigenvalue weighted by molar-refractivity contribution is -0.905. The highest BCUT2D eigenvalue weighted by atomic mass is 79.9. The van der Waals surface area contributed by atoms with Gasteiger partial charge in [-0.3, -0.25) is 15.0 Å². The minimum atomic E-state index is -0.734. The summed E-state index contributed by atoms with van der Waals surface area (Å²) in [6, 6.07) is 12.0. The quantitative estimate of drug-likeness (QED) is 0.336. The number of hydrogen-bond acceptors (Lipinski definition) is 3. The minimum Gasteiger partial charge on any atom is -0.341 e. The van der Waals surface area contributed by atoms with Crippen LogP contribution in [-0.4, -0.2) is 34.1 Å². The van der Waals surface area contributed by atoms with Crippen LogP contribution in [0.2, 0.25) is 5.02 Å². The first kappa shape index (κ1) is 24.0. The van der Waals surface area contributed by atoms with Gasteiger partial charge in [-0.25, -0.2) is 0 Å². The summed E-state index contributed by atoms with van der Waals surface area (Å²) in [5, 5.41) is 10.6. The molecule has 2 aromatic heterocycles. The van der Waals surface area contributed by atoms with Gasteiger partial charge in [0, 0.05) is 50.7 Å². The Labute approximate surface area is 219 Å². The van der Waals surface area contributed by atoms with Gasteiger partial charge in [0.05, 0.1) is 11.1 Å². The summed E-state index contributed by atoms with van der Waals surface area (Å²) in [4.78, 5) is 20.3. The molecule has 3 heterocycles. The number of benzene rings is 1. The molecule has 1 aliphatic carbocycles. The molecule has 0 unspecified atom stereocenters. The molecule has 0 spiro atoms. The maximum Gasteiger partial charge on any atom is 0.232 e. The summed E-state index contributed by atoms with van der Waals surface area (Å²) in [6.07, 6.45) is 8.44. The highest BCUT2D eigenvalue weighted by molar-refractivity contribution is 9.10. The van der Waals surface area contributed by atoms with E-state index in [2.05, 4.69) is 34.1 Å². The standard InChI is InChI=1S/C28H28BrClN3O2/c1-28(2,21-4-3-11-33(35)17-21)27(34)32-12-9-18(10-13-32)25-24-8-7-23(30)15-19(24)5-6-20-14-22(29)16-31-26(20)25/h3-4,7-8,11,14-17,35H,5-6,9-10,12-13H2,1-2H3/q+1. The number of carbonyl (C=O) groups is 1. The highest BCUT2D eigenvalue weighted by Gasteiger charge is 2.37. The van der Waals surface area contributed by atoms with Gasteiger partial charge in [-0.05, 0) is 96.4 Å². The molecule has 0 saturated carbocycles. The number of pyridine rings is 2. The second kappa shape index (κ2) is 9.40. The van der Waals surface area contributed by atoms with E-state index < -0.39 is 5.41 Å². The van der Waals surface area contributed by atoms with Crippen LogP contribution in [0.1, 0.15) is 54.6 Å².